The Morgan fingerprint density at radius 2 is 2.17 bits per heavy atom. The molecule has 1 aliphatic heterocycles. The zero-order chi connectivity index (χ0) is 13.7. The summed E-state index contributed by atoms with van der Waals surface area (Å²) in [6, 6.07) is -0.810. The van der Waals surface area contributed by atoms with Crippen molar-refractivity contribution >= 4 is 17.8 Å². The van der Waals surface area contributed by atoms with Gasteiger partial charge in [-0.15, -0.1) is 0 Å². The number of carbonyl (C=O) groups excluding carboxylic acids is 2. The number of nitrogens with one attached hydrogen (secondary N) is 1. The summed E-state index contributed by atoms with van der Waals surface area (Å²) >= 11 is 0. The van der Waals surface area contributed by atoms with Crippen molar-refractivity contribution in [1.29, 1.82) is 0 Å². The molecular formula is C11H19N3O4. The van der Waals surface area contributed by atoms with Crippen LogP contribution in [-0.2, 0) is 14.4 Å². The lowest BCUT2D eigenvalue weighted by Gasteiger charge is -2.20. The number of carboxylic acids is 1. The van der Waals surface area contributed by atoms with E-state index >= 15 is 0 Å². The van der Waals surface area contributed by atoms with Gasteiger partial charge in [0.2, 0.25) is 11.8 Å². The molecule has 2 atom stereocenters. The molecule has 0 bridgehead atoms. The van der Waals surface area contributed by atoms with Crippen molar-refractivity contribution in [2.75, 3.05) is 13.1 Å². The fourth-order valence-corrected chi connectivity index (χ4v) is 2.00. The molecule has 102 valence electrons. The number of aliphatic carboxylic acids is 1. The molecule has 1 saturated heterocycles. The highest BCUT2D eigenvalue weighted by molar-refractivity contribution is 5.82. The van der Waals surface area contributed by atoms with Gasteiger partial charge in [0.1, 0.15) is 0 Å². The Morgan fingerprint density at radius 3 is 2.72 bits per heavy atom. The molecule has 0 saturated carbocycles. The predicted molar refractivity (Wildman–Crippen MR) is 63.6 cm³/mol. The zero-order valence-electron chi connectivity index (χ0n) is 10.4. The highest BCUT2D eigenvalue weighted by atomic mass is 16.4. The monoisotopic (exact) mass is 257 g/mol. The van der Waals surface area contributed by atoms with Gasteiger partial charge in [0.05, 0.1) is 6.04 Å². The van der Waals surface area contributed by atoms with Crippen LogP contribution in [0, 0.1) is 0 Å². The average molecular weight is 257 g/mol. The van der Waals surface area contributed by atoms with Crippen molar-refractivity contribution in [3.63, 3.8) is 0 Å². The van der Waals surface area contributed by atoms with E-state index in [9.17, 15) is 14.4 Å². The molecule has 18 heavy (non-hydrogen) atoms. The van der Waals surface area contributed by atoms with E-state index in [-0.39, 0.29) is 30.7 Å². The minimum Gasteiger partial charge on any atom is -0.481 e. The Labute approximate surface area is 105 Å². The molecule has 0 aromatic heterocycles. The van der Waals surface area contributed by atoms with E-state index in [4.69, 9.17) is 10.8 Å². The van der Waals surface area contributed by atoms with Gasteiger partial charge in [-0.2, -0.15) is 0 Å². The molecule has 7 heteroatoms. The molecule has 0 aliphatic carbocycles. The molecule has 1 rings (SSSR count). The first-order valence-corrected chi connectivity index (χ1v) is 5.93. The maximum atomic E-state index is 11.9. The Morgan fingerprint density at radius 1 is 1.50 bits per heavy atom. The van der Waals surface area contributed by atoms with Gasteiger partial charge in [0.15, 0.2) is 0 Å². The standard InChI is InChI=1S/C11H19N3O4/c1-7(15)13-8-4-5-14(6-8)11(18)9(12)2-3-10(16)17/h8-9H,2-6,12H2,1H3,(H,13,15)(H,16,17). The Bertz CT molecular complexity index is 345. The summed E-state index contributed by atoms with van der Waals surface area (Å²) in [6.07, 6.45) is 0.725. The predicted octanol–water partition coefficient (Wildman–Crippen LogP) is -1.08. The van der Waals surface area contributed by atoms with Gasteiger partial charge < -0.3 is 21.1 Å². The maximum Gasteiger partial charge on any atom is 0.303 e. The SMILES string of the molecule is CC(=O)NC1CCN(C(=O)C(N)CCC(=O)O)C1. The fraction of sp³-hybridized carbons (Fsp3) is 0.727. The summed E-state index contributed by atoms with van der Waals surface area (Å²) in [7, 11) is 0. The number of nitrogens with two attached hydrogens (primary N) is 1. The number of rotatable bonds is 5. The van der Waals surface area contributed by atoms with Gasteiger partial charge >= 0.3 is 5.97 Å². The van der Waals surface area contributed by atoms with Crippen LogP contribution in [0.2, 0.25) is 0 Å². The van der Waals surface area contributed by atoms with Crippen molar-refractivity contribution < 1.29 is 19.5 Å². The second-order valence-electron chi connectivity index (χ2n) is 4.51. The summed E-state index contributed by atoms with van der Waals surface area (Å²) in [4.78, 5) is 34.7. The van der Waals surface area contributed by atoms with Crippen molar-refractivity contribution in [3.8, 4) is 0 Å². The van der Waals surface area contributed by atoms with Crippen molar-refractivity contribution in [2.45, 2.75) is 38.3 Å². The number of amides is 2. The van der Waals surface area contributed by atoms with Crippen LogP contribution >= 0.6 is 0 Å². The molecule has 1 heterocycles. The fourth-order valence-electron chi connectivity index (χ4n) is 2.00. The third-order valence-corrected chi connectivity index (χ3v) is 2.89. The molecule has 0 aromatic rings. The molecule has 4 N–H and O–H groups in total. The van der Waals surface area contributed by atoms with E-state index < -0.39 is 12.0 Å². The minimum atomic E-state index is -0.962. The van der Waals surface area contributed by atoms with Crippen LogP contribution < -0.4 is 11.1 Å². The summed E-state index contributed by atoms with van der Waals surface area (Å²) in [6.45, 7) is 2.42. The molecule has 2 amide bonds. The zero-order valence-corrected chi connectivity index (χ0v) is 10.4. The number of nitrogens with zero attached hydrogens (tertiary/aromatic N) is 1. The maximum absolute atomic E-state index is 11.9. The number of hydrogen-bond acceptors (Lipinski definition) is 4. The van der Waals surface area contributed by atoms with Crippen LogP contribution in [0.4, 0.5) is 0 Å². The van der Waals surface area contributed by atoms with E-state index in [1.165, 1.54) is 6.92 Å². The largest absolute Gasteiger partial charge is 0.481 e. The van der Waals surface area contributed by atoms with Crippen molar-refractivity contribution in [3.05, 3.63) is 0 Å². The van der Waals surface area contributed by atoms with Gasteiger partial charge in [0.25, 0.3) is 0 Å². The first-order valence-electron chi connectivity index (χ1n) is 5.93. The van der Waals surface area contributed by atoms with E-state index in [0.717, 1.165) is 0 Å². The molecule has 1 aliphatic rings. The number of hydrogen-bond donors (Lipinski definition) is 3. The lowest BCUT2D eigenvalue weighted by Crippen LogP contribution is -2.44. The van der Waals surface area contributed by atoms with Crippen LogP contribution in [-0.4, -0.2) is 53.0 Å². The summed E-state index contributed by atoms with van der Waals surface area (Å²) in [5.41, 5.74) is 5.65. The second kappa shape index (κ2) is 6.34. The number of carbonyl (C=O) groups is 3. The van der Waals surface area contributed by atoms with E-state index in [2.05, 4.69) is 5.32 Å². The Hall–Kier alpha value is -1.63. The van der Waals surface area contributed by atoms with E-state index in [1.54, 1.807) is 4.90 Å². The van der Waals surface area contributed by atoms with Gasteiger partial charge in [-0.05, 0) is 12.8 Å². The molecule has 0 spiro atoms. The molecule has 0 radical (unpaired) electrons. The summed E-state index contributed by atoms with van der Waals surface area (Å²) in [5, 5.41) is 11.3. The average Bonchev–Trinajstić information content (AvgIpc) is 2.72. The smallest absolute Gasteiger partial charge is 0.303 e. The molecular weight excluding hydrogens is 238 g/mol. The van der Waals surface area contributed by atoms with Gasteiger partial charge in [-0.3, -0.25) is 14.4 Å². The topological polar surface area (TPSA) is 113 Å². The first-order chi connectivity index (χ1) is 8.40. The minimum absolute atomic E-state index is 0.0295. The van der Waals surface area contributed by atoms with Crippen LogP contribution in [0.3, 0.4) is 0 Å². The second-order valence-corrected chi connectivity index (χ2v) is 4.51. The first kappa shape index (κ1) is 14.4. The highest BCUT2D eigenvalue weighted by Crippen LogP contribution is 2.11. The Balaban J connectivity index is 2.39. The van der Waals surface area contributed by atoms with Crippen molar-refractivity contribution in [1.82, 2.24) is 10.2 Å². The molecule has 7 nitrogen and oxygen atoms in total. The lowest BCUT2D eigenvalue weighted by molar-refractivity contribution is -0.137. The third-order valence-electron chi connectivity index (χ3n) is 2.89. The van der Waals surface area contributed by atoms with Crippen LogP contribution in [0.25, 0.3) is 0 Å². The van der Waals surface area contributed by atoms with E-state index in [1.807, 2.05) is 0 Å². The van der Waals surface area contributed by atoms with Crippen LogP contribution in [0.15, 0.2) is 0 Å². The van der Waals surface area contributed by atoms with E-state index in [0.29, 0.717) is 19.5 Å². The normalized spacial score (nSPS) is 20.6. The number of likely N-dealkylation sites (tertiary alicyclic amines) is 1. The third kappa shape index (κ3) is 4.33. The van der Waals surface area contributed by atoms with Crippen molar-refractivity contribution in [2.24, 2.45) is 5.73 Å². The quantitative estimate of drug-likeness (QED) is 0.579. The Kier molecular flexibility index (Phi) is 5.08. The van der Waals surface area contributed by atoms with Gasteiger partial charge in [-0.25, -0.2) is 0 Å². The van der Waals surface area contributed by atoms with Crippen LogP contribution in [0.5, 0.6) is 0 Å². The highest BCUT2D eigenvalue weighted by Gasteiger charge is 2.29. The van der Waals surface area contributed by atoms with Gasteiger partial charge in [0, 0.05) is 32.5 Å². The molecule has 0 aromatic carbocycles. The van der Waals surface area contributed by atoms with Gasteiger partial charge in [-0.1, -0.05) is 0 Å². The molecule has 1 fully saturated rings. The molecule has 2 unspecified atom stereocenters. The summed E-state index contributed by atoms with van der Waals surface area (Å²) < 4.78 is 0. The number of carboxylic acid groups (broad SMARTS) is 1. The summed E-state index contributed by atoms with van der Waals surface area (Å²) in [5.74, 6) is -1.33. The van der Waals surface area contributed by atoms with Crippen LogP contribution in [0.1, 0.15) is 26.2 Å². The lowest BCUT2D eigenvalue weighted by atomic mass is 10.1.